The molecule has 0 aliphatic rings. The molecule has 1 heterocycles. The summed E-state index contributed by atoms with van der Waals surface area (Å²) in [4.78, 5) is 11.2. The molecule has 1 atom stereocenters. The van der Waals surface area contributed by atoms with Crippen molar-refractivity contribution in [3.05, 3.63) is 46.2 Å². The Morgan fingerprint density at radius 1 is 1.50 bits per heavy atom. The van der Waals surface area contributed by atoms with Crippen LogP contribution in [0.4, 0.5) is 0 Å². The van der Waals surface area contributed by atoms with Crippen LogP contribution in [0.5, 0.6) is 0 Å². The summed E-state index contributed by atoms with van der Waals surface area (Å²) < 4.78 is 2.63. The van der Waals surface area contributed by atoms with Crippen LogP contribution in [0.25, 0.3) is 5.69 Å². The number of nitrogens with zero attached hydrogens (tertiary/aromatic N) is 2. The minimum Gasteiger partial charge on any atom is -0.364 e. The summed E-state index contributed by atoms with van der Waals surface area (Å²) in [5.41, 5.74) is 7.52. The number of nitrogens with two attached hydrogens (primary N) is 1. The van der Waals surface area contributed by atoms with Crippen LogP contribution in [0, 0.1) is 0 Å². The fraction of sp³-hybridized carbons (Fsp3) is 0.286. The normalized spacial score (nSPS) is 12.3. The molecule has 1 aromatic carbocycles. The van der Waals surface area contributed by atoms with Gasteiger partial charge in [-0.1, -0.05) is 28.9 Å². The fourth-order valence-electron chi connectivity index (χ4n) is 2.09. The number of hydrogen-bond donors (Lipinski definition) is 2. The van der Waals surface area contributed by atoms with Gasteiger partial charge in [0.25, 0.3) is 5.91 Å². The highest BCUT2D eigenvalue weighted by Crippen LogP contribution is 2.25. The van der Waals surface area contributed by atoms with E-state index in [1.807, 2.05) is 18.2 Å². The largest absolute Gasteiger partial charge is 0.364 e. The molecule has 1 unspecified atom stereocenters. The van der Waals surface area contributed by atoms with Gasteiger partial charge < -0.3 is 11.1 Å². The number of carbonyl (C=O) groups excluding carboxylic acids is 1. The average Bonchev–Trinajstić information content (AvgIpc) is 2.88. The van der Waals surface area contributed by atoms with Crippen LogP contribution in [0.3, 0.4) is 0 Å². The molecular weight excluding hydrogens is 320 g/mol. The van der Waals surface area contributed by atoms with Crippen molar-refractivity contribution in [1.29, 1.82) is 0 Å². The Morgan fingerprint density at radius 3 is 2.85 bits per heavy atom. The maximum absolute atomic E-state index is 11.2. The van der Waals surface area contributed by atoms with Crippen molar-refractivity contribution < 1.29 is 4.79 Å². The monoisotopic (exact) mass is 336 g/mol. The second-order valence-corrected chi connectivity index (χ2v) is 5.41. The topological polar surface area (TPSA) is 72.9 Å². The van der Waals surface area contributed by atoms with E-state index in [0.29, 0.717) is 0 Å². The van der Waals surface area contributed by atoms with Crippen molar-refractivity contribution in [3.8, 4) is 5.69 Å². The van der Waals surface area contributed by atoms with Crippen LogP contribution >= 0.6 is 15.9 Å². The predicted octanol–water partition coefficient (Wildman–Crippen LogP) is 2.40. The van der Waals surface area contributed by atoms with E-state index in [1.54, 1.807) is 16.9 Å². The van der Waals surface area contributed by atoms with E-state index in [4.69, 9.17) is 5.73 Å². The van der Waals surface area contributed by atoms with E-state index in [-0.39, 0.29) is 11.7 Å². The summed E-state index contributed by atoms with van der Waals surface area (Å²) >= 11 is 3.46. The van der Waals surface area contributed by atoms with Crippen LogP contribution in [0.1, 0.15) is 35.9 Å². The molecule has 1 amide bonds. The lowest BCUT2D eigenvalue weighted by Crippen LogP contribution is -2.19. The van der Waals surface area contributed by atoms with Gasteiger partial charge in [-0.2, -0.15) is 5.10 Å². The van der Waals surface area contributed by atoms with Crippen LogP contribution in [-0.4, -0.2) is 22.2 Å². The third kappa shape index (κ3) is 3.08. The molecule has 3 N–H and O–H groups in total. The molecule has 0 radical (unpaired) electrons. The van der Waals surface area contributed by atoms with Gasteiger partial charge in [0.15, 0.2) is 0 Å². The third-order valence-electron chi connectivity index (χ3n) is 3.06. The lowest BCUT2D eigenvalue weighted by atomic mass is 10.1. The number of benzene rings is 1. The van der Waals surface area contributed by atoms with E-state index in [0.717, 1.165) is 22.3 Å². The first kappa shape index (κ1) is 14.7. The van der Waals surface area contributed by atoms with Gasteiger partial charge in [0, 0.05) is 16.7 Å². The van der Waals surface area contributed by atoms with Crippen molar-refractivity contribution in [1.82, 2.24) is 15.1 Å². The predicted molar refractivity (Wildman–Crippen MR) is 81.9 cm³/mol. The number of carbonyl (C=O) groups is 1. The van der Waals surface area contributed by atoms with Crippen molar-refractivity contribution >= 4 is 21.8 Å². The molecule has 0 bridgehead atoms. The highest BCUT2D eigenvalue weighted by atomic mass is 79.9. The van der Waals surface area contributed by atoms with Gasteiger partial charge in [0.2, 0.25) is 0 Å². The number of hydrogen-bond acceptors (Lipinski definition) is 3. The van der Waals surface area contributed by atoms with Gasteiger partial charge in [-0.25, -0.2) is 4.68 Å². The van der Waals surface area contributed by atoms with Crippen molar-refractivity contribution in [2.75, 3.05) is 6.54 Å². The van der Waals surface area contributed by atoms with E-state index in [9.17, 15) is 4.79 Å². The maximum atomic E-state index is 11.2. The Labute approximate surface area is 126 Å². The van der Waals surface area contributed by atoms with Crippen LogP contribution < -0.4 is 11.1 Å². The molecule has 1 aromatic heterocycles. The highest BCUT2D eigenvalue weighted by Gasteiger charge is 2.14. The van der Waals surface area contributed by atoms with Gasteiger partial charge in [-0.15, -0.1) is 0 Å². The Hall–Kier alpha value is -1.66. The Balaban J connectivity index is 2.47. The summed E-state index contributed by atoms with van der Waals surface area (Å²) in [6.45, 7) is 5.03. The molecule has 20 heavy (non-hydrogen) atoms. The van der Waals surface area contributed by atoms with E-state index in [1.165, 1.54) is 0 Å². The second-order valence-electron chi connectivity index (χ2n) is 4.49. The zero-order valence-corrected chi connectivity index (χ0v) is 13.0. The molecular formula is C14H17BrN4O. The van der Waals surface area contributed by atoms with Crippen LogP contribution in [0.2, 0.25) is 0 Å². The van der Waals surface area contributed by atoms with Gasteiger partial charge in [-0.3, -0.25) is 4.79 Å². The number of amides is 1. The summed E-state index contributed by atoms with van der Waals surface area (Å²) in [5.74, 6) is -0.528. The zero-order chi connectivity index (χ0) is 14.7. The third-order valence-corrected chi connectivity index (χ3v) is 3.55. The summed E-state index contributed by atoms with van der Waals surface area (Å²) in [6.07, 6.45) is 1.74. The quantitative estimate of drug-likeness (QED) is 0.880. The maximum Gasteiger partial charge on any atom is 0.269 e. The lowest BCUT2D eigenvalue weighted by molar-refractivity contribution is 0.0995. The molecule has 2 rings (SSSR count). The van der Waals surface area contributed by atoms with Gasteiger partial charge in [0.1, 0.15) is 5.69 Å². The zero-order valence-electron chi connectivity index (χ0n) is 11.4. The summed E-state index contributed by atoms with van der Waals surface area (Å²) in [5, 5.41) is 7.59. The number of halogens is 1. The molecule has 106 valence electrons. The summed E-state index contributed by atoms with van der Waals surface area (Å²) in [6, 6.07) is 7.81. The molecule has 0 saturated heterocycles. The fourth-order valence-corrected chi connectivity index (χ4v) is 2.44. The van der Waals surface area contributed by atoms with Gasteiger partial charge in [0.05, 0.1) is 5.69 Å². The lowest BCUT2D eigenvalue weighted by Gasteiger charge is -2.17. The van der Waals surface area contributed by atoms with Crippen molar-refractivity contribution in [3.63, 3.8) is 0 Å². The number of nitrogens with one attached hydrogen (secondary N) is 1. The minimum absolute atomic E-state index is 0.185. The van der Waals surface area contributed by atoms with Gasteiger partial charge >= 0.3 is 0 Å². The minimum atomic E-state index is -0.528. The van der Waals surface area contributed by atoms with Crippen LogP contribution in [0.15, 0.2) is 34.9 Å². The molecule has 0 aliphatic heterocycles. The SMILES string of the molecule is CCNC(C)c1ccc(Br)cc1-n1ccc(C(N)=O)n1. The van der Waals surface area contributed by atoms with E-state index >= 15 is 0 Å². The van der Waals surface area contributed by atoms with Gasteiger partial charge in [-0.05, 0) is 37.2 Å². The molecule has 0 spiro atoms. The molecule has 0 saturated carbocycles. The number of primary amides is 1. The Morgan fingerprint density at radius 2 is 2.25 bits per heavy atom. The number of rotatable bonds is 5. The summed E-state index contributed by atoms with van der Waals surface area (Å²) in [7, 11) is 0. The molecule has 0 aliphatic carbocycles. The molecule has 2 aromatic rings. The smallest absolute Gasteiger partial charge is 0.269 e. The molecule has 6 heteroatoms. The molecule has 0 fully saturated rings. The highest BCUT2D eigenvalue weighted by molar-refractivity contribution is 9.10. The first-order valence-electron chi connectivity index (χ1n) is 6.41. The Bertz CT molecular complexity index is 623. The first-order valence-corrected chi connectivity index (χ1v) is 7.21. The first-order chi connectivity index (χ1) is 9.52. The van der Waals surface area contributed by atoms with Crippen LogP contribution in [-0.2, 0) is 0 Å². The second kappa shape index (κ2) is 6.19. The van der Waals surface area contributed by atoms with E-state index < -0.39 is 5.91 Å². The standard InChI is InChI=1S/C14H17BrN4O/c1-3-17-9(2)11-5-4-10(15)8-13(11)19-7-6-12(18-19)14(16)20/h4-9,17H,3H2,1-2H3,(H2,16,20). The Kier molecular flexibility index (Phi) is 4.57. The number of aromatic nitrogens is 2. The van der Waals surface area contributed by atoms with Crippen molar-refractivity contribution in [2.24, 2.45) is 5.73 Å². The van der Waals surface area contributed by atoms with Crippen molar-refractivity contribution in [2.45, 2.75) is 19.9 Å². The average molecular weight is 337 g/mol. The van der Waals surface area contributed by atoms with E-state index in [2.05, 4.69) is 40.2 Å². The molecule has 5 nitrogen and oxygen atoms in total.